The Kier molecular flexibility index (Phi) is 5.25. The highest BCUT2D eigenvalue weighted by Crippen LogP contribution is 2.23. The van der Waals surface area contributed by atoms with E-state index in [0.29, 0.717) is 18.0 Å². The van der Waals surface area contributed by atoms with Gasteiger partial charge < -0.3 is 14.8 Å². The molecule has 1 aromatic carbocycles. The summed E-state index contributed by atoms with van der Waals surface area (Å²) in [5.74, 6) is 0.287. The second-order valence-electron chi connectivity index (χ2n) is 6.87. The van der Waals surface area contributed by atoms with E-state index in [9.17, 15) is 14.4 Å². The molecule has 1 atom stereocenters. The fraction of sp³-hybridized carbons (Fsp3) is 0.421. The van der Waals surface area contributed by atoms with E-state index in [-0.39, 0.29) is 12.3 Å². The van der Waals surface area contributed by atoms with Gasteiger partial charge in [-0.05, 0) is 24.5 Å². The Morgan fingerprint density at radius 2 is 2.00 bits per heavy atom. The quantitative estimate of drug-likeness (QED) is 0.851. The number of carbonyl (C=O) groups is 1. The Morgan fingerprint density at radius 1 is 1.27 bits per heavy atom. The van der Waals surface area contributed by atoms with Crippen LogP contribution in [0.25, 0.3) is 0 Å². The molecule has 1 aliphatic rings. The summed E-state index contributed by atoms with van der Waals surface area (Å²) in [5, 5.41) is 0. The fourth-order valence-electron chi connectivity index (χ4n) is 3.38. The number of anilines is 1. The minimum atomic E-state index is -0.480. The maximum atomic E-state index is 12.5. The lowest BCUT2D eigenvalue weighted by molar-refractivity contribution is -0.129. The van der Waals surface area contributed by atoms with Gasteiger partial charge in [-0.3, -0.25) is 14.2 Å². The first kappa shape index (κ1) is 18.0. The number of rotatable bonds is 5. The molecular formula is C19H24N4O3. The van der Waals surface area contributed by atoms with Crippen LogP contribution in [0.2, 0.25) is 0 Å². The molecule has 2 heterocycles. The van der Waals surface area contributed by atoms with Crippen LogP contribution in [-0.2, 0) is 18.3 Å². The Labute approximate surface area is 151 Å². The van der Waals surface area contributed by atoms with Crippen LogP contribution in [0.15, 0.2) is 46.1 Å². The summed E-state index contributed by atoms with van der Waals surface area (Å²) in [5.41, 5.74) is 0.611. The lowest BCUT2D eigenvalue weighted by atomic mass is 10.1. The molecule has 7 heteroatoms. The van der Waals surface area contributed by atoms with Crippen molar-refractivity contribution in [1.29, 1.82) is 0 Å². The van der Waals surface area contributed by atoms with Crippen molar-refractivity contribution in [3.05, 3.63) is 62.9 Å². The zero-order chi connectivity index (χ0) is 18.7. The molecule has 26 heavy (non-hydrogen) atoms. The van der Waals surface area contributed by atoms with Crippen LogP contribution in [0.5, 0.6) is 0 Å². The van der Waals surface area contributed by atoms with Crippen molar-refractivity contribution in [2.24, 2.45) is 13.0 Å². The summed E-state index contributed by atoms with van der Waals surface area (Å²) >= 11 is 0. The van der Waals surface area contributed by atoms with Crippen molar-refractivity contribution in [1.82, 2.24) is 14.5 Å². The summed E-state index contributed by atoms with van der Waals surface area (Å²) in [6.07, 6.45) is 2.37. The number of nitrogens with one attached hydrogen (secondary N) is 1. The first-order valence-electron chi connectivity index (χ1n) is 8.77. The van der Waals surface area contributed by atoms with Gasteiger partial charge in [-0.2, -0.15) is 0 Å². The molecular weight excluding hydrogens is 332 g/mol. The SMILES string of the molecule is CN(C[C@@H]1CCN(c2ccccc2)C1)C(=O)Cc1c[nH]c(=O)n(C)c1=O. The smallest absolute Gasteiger partial charge is 0.328 e. The summed E-state index contributed by atoms with van der Waals surface area (Å²) in [7, 11) is 3.17. The molecule has 0 saturated carbocycles. The normalized spacial score (nSPS) is 16.7. The summed E-state index contributed by atoms with van der Waals surface area (Å²) in [4.78, 5) is 42.4. The lowest BCUT2D eigenvalue weighted by Gasteiger charge is -2.22. The molecule has 138 valence electrons. The molecule has 1 saturated heterocycles. The van der Waals surface area contributed by atoms with E-state index in [1.165, 1.54) is 18.9 Å². The van der Waals surface area contributed by atoms with Crippen molar-refractivity contribution in [2.45, 2.75) is 12.8 Å². The largest absolute Gasteiger partial charge is 0.371 e. The van der Waals surface area contributed by atoms with E-state index in [2.05, 4.69) is 22.0 Å². The van der Waals surface area contributed by atoms with Gasteiger partial charge in [0, 0.05) is 51.2 Å². The molecule has 0 radical (unpaired) electrons. The van der Waals surface area contributed by atoms with E-state index in [1.807, 2.05) is 18.2 Å². The number of aromatic amines is 1. The van der Waals surface area contributed by atoms with Gasteiger partial charge in [0.25, 0.3) is 5.56 Å². The van der Waals surface area contributed by atoms with Gasteiger partial charge in [-0.15, -0.1) is 0 Å². The molecule has 3 rings (SSSR count). The van der Waals surface area contributed by atoms with Gasteiger partial charge in [0.05, 0.1) is 6.42 Å². The zero-order valence-corrected chi connectivity index (χ0v) is 15.1. The van der Waals surface area contributed by atoms with Gasteiger partial charge in [0.2, 0.25) is 5.91 Å². The number of benzene rings is 1. The second-order valence-corrected chi connectivity index (χ2v) is 6.87. The Bertz CT molecular complexity index is 888. The van der Waals surface area contributed by atoms with E-state index >= 15 is 0 Å². The Morgan fingerprint density at radius 3 is 2.73 bits per heavy atom. The van der Waals surface area contributed by atoms with Crippen molar-refractivity contribution < 1.29 is 4.79 Å². The number of hydrogen-bond donors (Lipinski definition) is 1. The molecule has 1 N–H and O–H groups in total. The Balaban J connectivity index is 1.58. The van der Waals surface area contributed by atoms with Crippen LogP contribution in [0.1, 0.15) is 12.0 Å². The highest BCUT2D eigenvalue weighted by Gasteiger charge is 2.25. The van der Waals surface area contributed by atoms with Crippen LogP contribution in [0.4, 0.5) is 5.69 Å². The summed E-state index contributed by atoms with van der Waals surface area (Å²) in [6.45, 7) is 2.56. The molecule has 0 aliphatic carbocycles. The molecule has 1 fully saturated rings. The number of nitrogens with zero attached hydrogens (tertiary/aromatic N) is 3. The maximum absolute atomic E-state index is 12.5. The van der Waals surface area contributed by atoms with E-state index in [1.54, 1.807) is 11.9 Å². The highest BCUT2D eigenvalue weighted by atomic mass is 16.2. The van der Waals surface area contributed by atoms with Gasteiger partial charge >= 0.3 is 5.69 Å². The third-order valence-corrected chi connectivity index (χ3v) is 4.96. The third-order valence-electron chi connectivity index (χ3n) is 4.96. The fourth-order valence-corrected chi connectivity index (χ4v) is 3.38. The number of amides is 1. The number of likely N-dealkylation sites (N-methyl/N-ethyl adjacent to an activating group) is 1. The molecule has 0 unspecified atom stereocenters. The monoisotopic (exact) mass is 356 g/mol. The number of aromatic nitrogens is 2. The van der Waals surface area contributed by atoms with Crippen LogP contribution in [0.3, 0.4) is 0 Å². The van der Waals surface area contributed by atoms with Crippen LogP contribution < -0.4 is 16.1 Å². The van der Waals surface area contributed by atoms with Gasteiger partial charge in [0.15, 0.2) is 0 Å². The second kappa shape index (κ2) is 7.59. The topological polar surface area (TPSA) is 78.4 Å². The molecule has 1 aromatic heterocycles. The van der Waals surface area contributed by atoms with Crippen LogP contribution in [0, 0.1) is 5.92 Å². The average Bonchev–Trinajstić information content (AvgIpc) is 3.11. The molecule has 7 nitrogen and oxygen atoms in total. The van der Waals surface area contributed by atoms with E-state index in [0.717, 1.165) is 24.1 Å². The van der Waals surface area contributed by atoms with Crippen molar-refractivity contribution in [3.8, 4) is 0 Å². The van der Waals surface area contributed by atoms with Crippen LogP contribution in [-0.4, -0.2) is 47.0 Å². The highest BCUT2D eigenvalue weighted by molar-refractivity contribution is 5.78. The molecule has 0 bridgehead atoms. The van der Waals surface area contributed by atoms with Crippen molar-refractivity contribution in [2.75, 3.05) is 31.6 Å². The molecule has 1 amide bonds. The number of para-hydroxylation sites is 1. The van der Waals surface area contributed by atoms with Crippen molar-refractivity contribution >= 4 is 11.6 Å². The minimum absolute atomic E-state index is 0.00489. The number of carbonyl (C=O) groups excluding carboxylic acids is 1. The maximum Gasteiger partial charge on any atom is 0.328 e. The minimum Gasteiger partial charge on any atom is -0.371 e. The summed E-state index contributed by atoms with van der Waals surface area (Å²) in [6, 6.07) is 10.3. The predicted octanol–water partition coefficient (Wildman–Crippen LogP) is 0.601. The first-order valence-corrected chi connectivity index (χ1v) is 8.77. The van der Waals surface area contributed by atoms with Crippen LogP contribution >= 0.6 is 0 Å². The third kappa shape index (κ3) is 3.87. The molecule has 0 spiro atoms. The van der Waals surface area contributed by atoms with Crippen molar-refractivity contribution in [3.63, 3.8) is 0 Å². The summed E-state index contributed by atoms with van der Waals surface area (Å²) < 4.78 is 0.983. The van der Waals surface area contributed by atoms with Gasteiger partial charge in [-0.25, -0.2) is 4.79 Å². The number of H-pyrrole nitrogens is 1. The van der Waals surface area contributed by atoms with Gasteiger partial charge in [0.1, 0.15) is 0 Å². The van der Waals surface area contributed by atoms with Gasteiger partial charge in [-0.1, -0.05) is 18.2 Å². The average molecular weight is 356 g/mol. The standard InChI is InChI=1S/C19H24N4O3/c1-21(17(24)10-15-11-20-19(26)22(2)18(15)25)12-14-8-9-23(13-14)16-6-4-3-5-7-16/h3-7,11,14H,8-10,12-13H2,1-2H3,(H,20,26)/t14-/m0/s1. The first-order chi connectivity index (χ1) is 12.5. The zero-order valence-electron chi connectivity index (χ0n) is 15.1. The predicted molar refractivity (Wildman–Crippen MR) is 100 cm³/mol. The lowest BCUT2D eigenvalue weighted by Crippen LogP contribution is -2.38. The number of hydrogen-bond acceptors (Lipinski definition) is 4. The Hall–Kier alpha value is -2.83. The molecule has 1 aliphatic heterocycles. The van der Waals surface area contributed by atoms with E-state index in [4.69, 9.17) is 0 Å². The van der Waals surface area contributed by atoms with E-state index < -0.39 is 11.2 Å². The molecule has 2 aromatic rings.